The first-order valence-electron chi connectivity index (χ1n) is 6.88. The van der Waals surface area contributed by atoms with Gasteiger partial charge in [-0.1, -0.05) is 0 Å². The zero-order valence-electron chi connectivity index (χ0n) is 11.2. The van der Waals surface area contributed by atoms with Crippen molar-refractivity contribution in [2.24, 2.45) is 0 Å². The molecule has 104 valence electrons. The van der Waals surface area contributed by atoms with E-state index in [1.807, 2.05) is 0 Å². The molecule has 2 atom stereocenters. The Hall–Kier alpha value is -1.33. The lowest BCUT2D eigenvalue weighted by molar-refractivity contribution is 0.0696. The van der Waals surface area contributed by atoms with Crippen molar-refractivity contribution in [3.63, 3.8) is 0 Å². The van der Waals surface area contributed by atoms with Crippen LogP contribution in [0.15, 0.2) is 16.7 Å². The normalized spacial score (nSPS) is 28.5. The SMILES string of the molecule is CN1C2CCC1CN(Cc1cc(C(=O)O)co1)CC2. The molecule has 1 aromatic rings. The van der Waals surface area contributed by atoms with Gasteiger partial charge in [-0.3, -0.25) is 9.80 Å². The molecule has 1 aromatic heterocycles. The summed E-state index contributed by atoms with van der Waals surface area (Å²) in [6.45, 7) is 2.83. The molecule has 0 spiro atoms. The second-order valence-electron chi connectivity index (χ2n) is 5.68. The summed E-state index contributed by atoms with van der Waals surface area (Å²) in [5.41, 5.74) is 0.239. The minimum atomic E-state index is -0.926. The van der Waals surface area contributed by atoms with Crippen molar-refractivity contribution in [2.45, 2.75) is 37.9 Å². The molecule has 2 fully saturated rings. The minimum Gasteiger partial charge on any atom is -0.478 e. The number of hydrogen-bond acceptors (Lipinski definition) is 4. The van der Waals surface area contributed by atoms with E-state index in [4.69, 9.17) is 9.52 Å². The van der Waals surface area contributed by atoms with E-state index in [0.717, 1.165) is 24.9 Å². The van der Waals surface area contributed by atoms with Crippen LogP contribution in [-0.4, -0.2) is 53.1 Å². The maximum atomic E-state index is 10.8. The zero-order chi connectivity index (χ0) is 13.4. The summed E-state index contributed by atoms with van der Waals surface area (Å²) in [5, 5.41) is 8.89. The molecule has 2 saturated heterocycles. The third-order valence-corrected chi connectivity index (χ3v) is 4.51. The highest BCUT2D eigenvalue weighted by atomic mass is 16.4. The van der Waals surface area contributed by atoms with Gasteiger partial charge < -0.3 is 9.52 Å². The van der Waals surface area contributed by atoms with Gasteiger partial charge in [-0.25, -0.2) is 4.79 Å². The van der Waals surface area contributed by atoms with Gasteiger partial charge in [0.1, 0.15) is 12.0 Å². The quantitative estimate of drug-likeness (QED) is 0.899. The molecule has 3 rings (SSSR count). The lowest BCUT2D eigenvalue weighted by atomic mass is 10.1. The Morgan fingerprint density at radius 2 is 2.21 bits per heavy atom. The summed E-state index contributed by atoms with van der Waals surface area (Å²) in [5.74, 6) is -0.178. The Morgan fingerprint density at radius 1 is 1.42 bits per heavy atom. The molecule has 2 bridgehead atoms. The van der Waals surface area contributed by atoms with Crippen LogP contribution in [0, 0.1) is 0 Å². The summed E-state index contributed by atoms with van der Waals surface area (Å²) >= 11 is 0. The van der Waals surface area contributed by atoms with Crippen LogP contribution in [0.4, 0.5) is 0 Å². The maximum Gasteiger partial charge on any atom is 0.338 e. The predicted octanol–water partition coefficient (Wildman–Crippen LogP) is 1.65. The number of furan rings is 1. The number of carboxylic acid groups (broad SMARTS) is 1. The molecule has 19 heavy (non-hydrogen) atoms. The number of nitrogens with zero attached hydrogens (tertiary/aromatic N) is 2. The molecular weight excluding hydrogens is 244 g/mol. The van der Waals surface area contributed by atoms with E-state index in [-0.39, 0.29) is 5.56 Å². The van der Waals surface area contributed by atoms with Crippen LogP contribution in [0.5, 0.6) is 0 Å². The molecule has 5 nitrogen and oxygen atoms in total. The van der Waals surface area contributed by atoms with E-state index in [9.17, 15) is 4.79 Å². The van der Waals surface area contributed by atoms with E-state index in [0.29, 0.717) is 12.6 Å². The van der Waals surface area contributed by atoms with Crippen molar-refractivity contribution in [1.82, 2.24) is 9.80 Å². The second-order valence-corrected chi connectivity index (χ2v) is 5.68. The van der Waals surface area contributed by atoms with E-state index < -0.39 is 5.97 Å². The molecule has 3 heterocycles. The Balaban J connectivity index is 1.65. The number of fused-ring (bicyclic) bond motifs is 2. The molecule has 0 amide bonds. The molecule has 0 saturated carbocycles. The van der Waals surface area contributed by atoms with Gasteiger partial charge in [0.05, 0.1) is 12.1 Å². The topological polar surface area (TPSA) is 56.9 Å². The third-order valence-electron chi connectivity index (χ3n) is 4.51. The molecule has 5 heteroatoms. The molecule has 1 N–H and O–H groups in total. The van der Waals surface area contributed by atoms with E-state index >= 15 is 0 Å². The molecule has 0 radical (unpaired) electrons. The van der Waals surface area contributed by atoms with Crippen LogP contribution in [0.25, 0.3) is 0 Å². The highest BCUT2D eigenvalue weighted by Crippen LogP contribution is 2.29. The molecule has 2 aliphatic rings. The number of hydrogen-bond donors (Lipinski definition) is 1. The van der Waals surface area contributed by atoms with Crippen LogP contribution in [0.2, 0.25) is 0 Å². The van der Waals surface area contributed by atoms with Gasteiger partial charge in [-0.15, -0.1) is 0 Å². The first kappa shape index (κ1) is 12.7. The monoisotopic (exact) mass is 264 g/mol. The van der Waals surface area contributed by atoms with Gasteiger partial charge in [0, 0.05) is 25.2 Å². The number of aromatic carboxylic acids is 1. The summed E-state index contributed by atoms with van der Waals surface area (Å²) in [4.78, 5) is 15.7. The van der Waals surface area contributed by atoms with Gasteiger partial charge >= 0.3 is 5.97 Å². The van der Waals surface area contributed by atoms with Crippen molar-refractivity contribution in [2.75, 3.05) is 20.1 Å². The largest absolute Gasteiger partial charge is 0.478 e. The van der Waals surface area contributed by atoms with Gasteiger partial charge in [0.2, 0.25) is 0 Å². The van der Waals surface area contributed by atoms with Gasteiger partial charge in [0.25, 0.3) is 0 Å². The summed E-state index contributed by atoms with van der Waals surface area (Å²) < 4.78 is 5.34. The average molecular weight is 264 g/mol. The first-order chi connectivity index (χ1) is 9.13. The number of likely N-dealkylation sites (tertiary alicyclic amines) is 1. The van der Waals surface area contributed by atoms with Gasteiger partial charge in [-0.2, -0.15) is 0 Å². The zero-order valence-corrected chi connectivity index (χ0v) is 11.2. The average Bonchev–Trinajstić information content (AvgIpc) is 2.89. The summed E-state index contributed by atoms with van der Waals surface area (Å²) in [6, 6.07) is 3.00. The number of rotatable bonds is 3. The number of carboxylic acids is 1. The Kier molecular flexibility index (Phi) is 3.33. The van der Waals surface area contributed by atoms with Gasteiger partial charge in [-0.05, 0) is 32.4 Å². The van der Waals surface area contributed by atoms with Crippen LogP contribution >= 0.6 is 0 Å². The molecular formula is C14H20N2O3. The van der Waals surface area contributed by atoms with Crippen LogP contribution in [-0.2, 0) is 6.54 Å². The fourth-order valence-corrected chi connectivity index (χ4v) is 3.32. The van der Waals surface area contributed by atoms with Crippen LogP contribution in [0.3, 0.4) is 0 Å². The fourth-order valence-electron chi connectivity index (χ4n) is 3.32. The minimum absolute atomic E-state index is 0.239. The predicted molar refractivity (Wildman–Crippen MR) is 70.1 cm³/mol. The number of likely N-dealkylation sites (N-methyl/N-ethyl adjacent to an activating group) is 1. The molecule has 2 unspecified atom stereocenters. The smallest absolute Gasteiger partial charge is 0.338 e. The fraction of sp³-hybridized carbons (Fsp3) is 0.643. The Bertz CT molecular complexity index is 471. The van der Waals surface area contributed by atoms with E-state index in [1.54, 1.807) is 6.07 Å². The first-order valence-corrected chi connectivity index (χ1v) is 6.88. The van der Waals surface area contributed by atoms with Crippen molar-refractivity contribution in [3.8, 4) is 0 Å². The van der Waals surface area contributed by atoms with E-state index in [2.05, 4.69) is 16.8 Å². The van der Waals surface area contributed by atoms with Crippen LogP contribution < -0.4 is 0 Å². The van der Waals surface area contributed by atoms with Crippen molar-refractivity contribution < 1.29 is 14.3 Å². The Morgan fingerprint density at radius 3 is 2.95 bits per heavy atom. The molecule has 0 aromatic carbocycles. The summed E-state index contributed by atoms with van der Waals surface area (Å²) in [6.07, 6.45) is 5.11. The van der Waals surface area contributed by atoms with Gasteiger partial charge in [0.15, 0.2) is 0 Å². The maximum absolute atomic E-state index is 10.8. The standard InChI is InChI=1S/C14H20N2O3/c1-15-11-2-3-12(15)7-16(5-4-11)8-13-6-10(9-19-13)14(17)18/h6,9,11-12H,2-5,7-8H2,1H3,(H,17,18). The highest BCUT2D eigenvalue weighted by molar-refractivity contribution is 5.87. The Labute approximate surface area is 112 Å². The third kappa shape index (κ3) is 2.53. The highest BCUT2D eigenvalue weighted by Gasteiger charge is 2.34. The van der Waals surface area contributed by atoms with E-state index in [1.165, 1.54) is 25.5 Å². The lowest BCUT2D eigenvalue weighted by Crippen LogP contribution is -2.36. The van der Waals surface area contributed by atoms with Crippen molar-refractivity contribution >= 4 is 5.97 Å². The summed E-state index contributed by atoms with van der Waals surface area (Å²) in [7, 11) is 2.22. The molecule has 0 aliphatic carbocycles. The van der Waals surface area contributed by atoms with Crippen LogP contribution in [0.1, 0.15) is 35.4 Å². The molecule has 2 aliphatic heterocycles. The second kappa shape index (κ2) is 4.98. The van der Waals surface area contributed by atoms with Crippen molar-refractivity contribution in [3.05, 3.63) is 23.7 Å². The van der Waals surface area contributed by atoms with Crippen molar-refractivity contribution in [1.29, 1.82) is 0 Å². The number of carbonyl (C=O) groups is 1. The lowest BCUT2D eigenvalue weighted by Gasteiger charge is -2.24.